The highest BCUT2D eigenvalue weighted by atomic mass is 35.5. The van der Waals surface area contributed by atoms with Crippen LogP contribution in [-0.4, -0.2) is 31.7 Å². The molecule has 5 nitrogen and oxygen atoms in total. The molecule has 0 aliphatic heterocycles. The van der Waals surface area contributed by atoms with E-state index in [0.717, 1.165) is 31.2 Å². The number of benzene rings is 2. The summed E-state index contributed by atoms with van der Waals surface area (Å²) in [5.41, 5.74) is 1.42. The largest absolute Gasteiger partial charge is 0.349 e. The highest BCUT2D eigenvalue weighted by Crippen LogP contribution is 2.20. The number of hydrogen-bond donors (Lipinski definition) is 1. The molecule has 1 aliphatic rings. The number of hydrogen-bond acceptors (Lipinski definition) is 3. The fourth-order valence-corrected chi connectivity index (χ4v) is 5.04. The van der Waals surface area contributed by atoms with E-state index in [4.69, 9.17) is 11.6 Å². The van der Waals surface area contributed by atoms with Crippen molar-refractivity contribution < 1.29 is 13.2 Å². The van der Waals surface area contributed by atoms with Gasteiger partial charge in [-0.15, -0.1) is 0 Å². The number of halogens is 1. The lowest BCUT2D eigenvalue weighted by Gasteiger charge is -2.21. The number of rotatable bonds is 6. The molecule has 0 saturated heterocycles. The first-order chi connectivity index (χ1) is 14.4. The van der Waals surface area contributed by atoms with Gasteiger partial charge in [0.05, 0.1) is 4.90 Å². The Morgan fingerprint density at radius 3 is 2.13 bits per heavy atom. The first-order valence-electron chi connectivity index (χ1n) is 10.5. The molecule has 3 rings (SSSR count). The summed E-state index contributed by atoms with van der Waals surface area (Å²) >= 11 is 5.85. The molecule has 7 heteroatoms. The van der Waals surface area contributed by atoms with E-state index in [1.54, 1.807) is 43.4 Å². The lowest BCUT2D eigenvalue weighted by Crippen LogP contribution is -2.35. The zero-order chi connectivity index (χ0) is 21.6. The van der Waals surface area contributed by atoms with Gasteiger partial charge in [-0.2, -0.15) is 4.31 Å². The summed E-state index contributed by atoms with van der Waals surface area (Å²) in [6.45, 7) is 0.218. The fraction of sp³-hybridized carbons (Fsp3) is 0.435. The standard InChI is InChI=1S/C23H29ClN2O3S/c1-26(30(28,29)22-15-13-20(24)14-16-22)17-18-9-11-19(12-10-18)23(27)25-21-7-5-3-2-4-6-8-21/h9-16,21H,2-8,17H2,1H3,(H,25,27). The zero-order valence-electron chi connectivity index (χ0n) is 17.3. The van der Waals surface area contributed by atoms with Crippen molar-refractivity contribution in [2.24, 2.45) is 0 Å². The Hall–Kier alpha value is -1.89. The van der Waals surface area contributed by atoms with E-state index in [0.29, 0.717) is 10.6 Å². The quantitative estimate of drug-likeness (QED) is 0.675. The van der Waals surface area contributed by atoms with Crippen LogP contribution in [0, 0.1) is 0 Å². The molecule has 0 spiro atoms. The van der Waals surface area contributed by atoms with E-state index >= 15 is 0 Å². The molecule has 0 atom stereocenters. The van der Waals surface area contributed by atoms with Crippen LogP contribution in [0.4, 0.5) is 0 Å². The maximum atomic E-state index is 12.7. The van der Waals surface area contributed by atoms with E-state index in [9.17, 15) is 13.2 Å². The van der Waals surface area contributed by atoms with Gasteiger partial charge < -0.3 is 5.32 Å². The molecule has 162 valence electrons. The van der Waals surface area contributed by atoms with Crippen LogP contribution in [0.5, 0.6) is 0 Å². The summed E-state index contributed by atoms with van der Waals surface area (Å²) in [6.07, 6.45) is 8.19. The molecule has 0 aromatic heterocycles. The van der Waals surface area contributed by atoms with Crippen LogP contribution in [0.1, 0.15) is 60.9 Å². The molecule has 2 aromatic carbocycles. The van der Waals surface area contributed by atoms with Crippen molar-refractivity contribution in [3.05, 3.63) is 64.7 Å². The molecule has 1 fully saturated rings. The van der Waals surface area contributed by atoms with E-state index in [2.05, 4.69) is 5.32 Å². The van der Waals surface area contributed by atoms with Crippen molar-refractivity contribution in [1.29, 1.82) is 0 Å². The van der Waals surface area contributed by atoms with Crippen LogP contribution in [0.15, 0.2) is 53.4 Å². The molecule has 30 heavy (non-hydrogen) atoms. The highest BCUT2D eigenvalue weighted by Gasteiger charge is 2.21. The lowest BCUT2D eigenvalue weighted by molar-refractivity contribution is 0.0930. The van der Waals surface area contributed by atoms with Gasteiger partial charge in [-0.25, -0.2) is 8.42 Å². The molecule has 0 bridgehead atoms. The molecule has 0 heterocycles. The second-order valence-corrected chi connectivity index (χ2v) is 10.4. The fourth-order valence-electron chi connectivity index (χ4n) is 3.76. The summed E-state index contributed by atoms with van der Waals surface area (Å²) in [7, 11) is -2.07. The van der Waals surface area contributed by atoms with Gasteiger partial charge in [0.15, 0.2) is 0 Å². The van der Waals surface area contributed by atoms with Crippen molar-refractivity contribution in [3.8, 4) is 0 Å². The van der Waals surface area contributed by atoms with Gasteiger partial charge in [0.1, 0.15) is 0 Å². The van der Waals surface area contributed by atoms with Crippen LogP contribution >= 0.6 is 11.6 Å². The Balaban J connectivity index is 1.60. The maximum Gasteiger partial charge on any atom is 0.251 e. The number of sulfonamides is 1. The third kappa shape index (κ3) is 6.06. The number of nitrogens with one attached hydrogen (secondary N) is 1. The van der Waals surface area contributed by atoms with Gasteiger partial charge in [-0.05, 0) is 54.8 Å². The normalized spacial score (nSPS) is 16.1. The summed E-state index contributed by atoms with van der Waals surface area (Å²) in [5, 5.41) is 3.65. The molecule has 0 unspecified atom stereocenters. The molecular formula is C23H29ClN2O3S. The second kappa shape index (κ2) is 10.4. The Labute approximate surface area is 184 Å². The van der Waals surface area contributed by atoms with Crippen molar-refractivity contribution in [2.75, 3.05) is 7.05 Å². The Morgan fingerprint density at radius 2 is 1.53 bits per heavy atom. The average Bonchev–Trinajstić information content (AvgIpc) is 2.70. The van der Waals surface area contributed by atoms with Gasteiger partial charge in [0, 0.05) is 30.2 Å². The van der Waals surface area contributed by atoms with Gasteiger partial charge >= 0.3 is 0 Å². The van der Waals surface area contributed by atoms with Crippen LogP contribution in [0.3, 0.4) is 0 Å². The average molecular weight is 449 g/mol. The van der Waals surface area contributed by atoms with Crippen molar-refractivity contribution in [2.45, 2.75) is 62.4 Å². The third-order valence-electron chi connectivity index (χ3n) is 5.58. The summed E-state index contributed by atoms with van der Waals surface area (Å²) in [6, 6.07) is 13.5. The SMILES string of the molecule is CN(Cc1ccc(C(=O)NC2CCCCCCC2)cc1)S(=O)(=O)c1ccc(Cl)cc1. The Morgan fingerprint density at radius 1 is 0.967 bits per heavy atom. The Kier molecular flexibility index (Phi) is 7.92. The third-order valence-corrected chi connectivity index (χ3v) is 7.65. The topological polar surface area (TPSA) is 66.5 Å². The molecule has 1 amide bonds. The molecule has 1 aliphatic carbocycles. The van der Waals surface area contributed by atoms with Crippen LogP contribution in [-0.2, 0) is 16.6 Å². The number of nitrogens with zero attached hydrogens (tertiary/aromatic N) is 1. The molecule has 1 saturated carbocycles. The highest BCUT2D eigenvalue weighted by molar-refractivity contribution is 7.89. The summed E-state index contributed by atoms with van der Waals surface area (Å²) in [4.78, 5) is 12.8. The van der Waals surface area contributed by atoms with Crippen LogP contribution in [0.25, 0.3) is 0 Å². The minimum atomic E-state index is -3.61. The number of carbonyl (C=O) groups excluding carboxylic acids is 1. The number of carbonyl (C=O) groups is 1. The minimum absolute atomic E-state index is 0.0609. The van der Waals surface area contributed by atoms with Crippen LogP contribution < -0.4 is 5.32 Å². The van der Waals surface area contributed by atoms with Crippen molar-refractivity contribution in [3.63, 3.8) is 0 Å². The first kappa shape index (κ1) is 22.8. The van der Waals surface area contributed by atoms with E-state index in [1.165, 1.54) is 35.7 Å². The Bertz CT molecular complexity index is 935. The van der Waals surface area contributed by atoms with Crippen molar-refractivity contribution >= 4 is 27.5 Å². The first-order valence-corrected chi connectivity index (χ1v) is 12.3. The summed E-state index contributed by atoms with van der Waals surface area (Å²) in [5.74, 6) is -0.0609. The maximum absolute atomic E-state index is 12.7. The zero-order valence-corrected chi connectivity index (χ0v) is 18.9. The van der Waals surface area contributed by atoms with Gasteiger partial charge in [0.25, 0.3) is 5.91 Å². The monoisotopic (exact) mass is 448 g/mol. The van der Waals surface area contributed by atoms with Crippen LogP contribution in [0.2, 0.25) is 5.02 Å². The van der Waals surface area contributed by atoms with E-state index in [1.807, 2.05) is 0 Å². The molecular weight excluding hydrogens is 420 g/mol. The van der Waals surface area contributed by atoms with Gasteiger partial charge in [0.2, 0.25) is 10.0 Å². The predicted molar refractivity (Wildman–Crippen MR) is 120 cm³/mol. The molecule has 0 radical (unpaired) electrons. The summed E-state index contributed by atoms with van der Waals surface area (Å²) < 4.78 is 26.7. The van der Waals surface area contributed by atoms with E-state index in [-0.39, 0.29) is 23.4 Å². The smallest absolute Gasteiger partial charge is 0.251 e. The van der Waals surface area contributed by atoms with Gasteiger partial charge in [-0.3, -0.25) is 4.79 Å². The molecule has 2 aromatic rings. The minimum Gasteiger partial charge on any atom is -0.349 e. The van der Waals surface area contributed by atoms with E-state index < -0.39 is 10.0 Å². The second-order valence-electron chi connectivity index (χ2n) is 7.93. The van der Waals surface area contributed by atoms with Crippen molar-refractivity contribution in [1.82, 2.24) is 9.62 Å². The number of amides is 1. The predicted octanol–water partition coefficient (Wildman–Crippen LogP) is 5.00. The lowest BCUT2D eigenvalue weighted by atomic mass is 9.96. The molecule has 1 N–H and O–H groups in total. The van der Waals surface area contributed by atoms with Gasteiger partial charge in [-0.1, -0.05) is 55.8 Å².